The zero-order valence-electron chi connectivity index (χ0n) is 21.6. The molecule has 0 radical (unpaired) electrons. The maximum Gasteiger partial charge on any atom is 0.370 e. The predicted octanol–water partition coefficient (Wildman–Crippen LogP) is 4.41. The summed E-state index contributed by atoms with van der Waals surface area (Å²) in [5.41, 5.74) is 1.63. The van der Waals surface area contributed by atoms with Crippen LogP contribution in [-0.2, 0) is 29.7 Å². The molecule has 0 saturated carbocycles. The molecule has 0 heterocycles. The van der Waals surface area contributed by atoms with E-state index in [1.165, 1.54) is 36.4 Å². The van der Waals surface area contributed by atoms with Crippen LogP contribution in [0.2, 0.25) is 0 Å². The molecule has 0 fully saturated rings. The number of ether oxygens (including phenoxy) is 2. The van der Waals surface area contributed by atoms with Gasteiger partial charge in [0.25, 0.3) is 0 Å². The molecule has 2 unspecified atom stereocenters. The second-order valence-corrected chi connectivity index (χ2v) is 11.3. The van der Waals surface area contributed by atoms with Gasteiger partial charge in [-0.25, -0.2) is 26.4 Å². The van der Waals surface area contributed by atoms with Crippen molar-refractivity contribution in [3.05, 3.63) is 96.1 Å². The molecule has 0 bridgehead atoms. The van der Waals surface area contributed by atoms with Gasteiger partial charge in [-0.15, -0.1) is 0 Å². The number of hydrogen-bond donors (Lipinski definition) is 0. The smallest absolute Gasteiger partial charge is 0.370 e. The molecule has 0 spiro atoms. The van der Waals surface area contributed by atoms with E-state index in [1.54, 1.807) is 18.2 Å². The van der Waals surface area contributed by atoms with Crippen LogP contribution in [0.3, 0.4) is 0 Å². The van der Waals surface area contributed by atoms with E-state index in [0.717, 1.165) is 11.1 Å². The summed E-state index contributed by atoms with van der Waals surface area (Å²) in [6.07, 6.45) is -4.77. The Morgan fingerprint density at radius 1 is 0.595 bits per heavy atom. The molecule has 228 valence electrons. The number of halogens is 4. The SMILES string of the molecule is CC(OC(=O)c1ccc(-c2ccccc2)cc1)C(F)(F)S(=O)(=O)[O-].CC(OC(=O)c1ccccc1)C(F)(F)S(=O)(=O)[O-]. The Hall–Kier alpha value is -3.86. The van der Waals surface area contributed by atoms with E-state index >= 15 is 0 Å². The fraction of sp³-hybridized carbons (Fsp3) is 0.231. The minimum absolute atomic E-state index is 0.0246. The van der Waals surface area contributed by atoms with E-state index in [1.807, 2.05) is 30.3 Å². The first kappa shape index (κ1) is 34.3. The van der Waals surface area contributed by atoms with Crippen LogP contribution in [0, 0.1) is 0 Å². The Labute approximate surface area is 238 Å². The highest BCUT2D eigenvalue weighted by atomic mass is 32.2. The lowest BCUT2D eigenvalue weighted by Gasteiger charge is -2.25. The second kappa shape index (κ2) is 13.4. The van der Waals surface area contributed by atoms with Gasteiger partial charge in [0.2, 0.25) is 0 Å². The zero-order valence-corrected chi connectivity index (χ0v) is 23.3. The monoisotopic (exact) mass is 634 g/mol. The third kappa shape index (κ3) is 8.58. The van der Waals surface area contributed by atoms with Crippen molar-refractivity contribution in [1.29, 1.82) is 0 Å². The fourth-order valence-corrected chi connectivity index (χ4v) is 3.91. The molecule has 0 aliphatic rings. The van der Waals surface area contributed by atoms with E-state index in [4.69, 9.17) is 0 Å². The van der Waals surface area contributed by atoms with Crippen molar-refractivity contribution in [1.82, 2.24) is 0 Å². The standard InChI is InChI=1S/C16H14F2O5S.C10H10F2O5S/c1-11(16(17,18)24(20,21)22)23-15(19)14-9-7-13(8-10-14)12-5-3-2-4-6-12;1-7(10(11,12)18(14,15)16)17-9(13)8-5-3-2-4-6-8/h2-11H,1H3,(H,20,21,22);2-7H,1H3,(H,14,15,16)/p-2. The second-order valence-electron chi connectivity index (χ2n) is 8.44. The van der Waals surface area contributed by atoms with Crippen LogP contribution in [0.15, 0.2) is 84.9 Å². The number of hydrogen-bond acceptors (Lipinski definition) is 10. The molecule has 0 aliphatic heterocycles. The van der Waals surface area contributed by atoms with Gasteiger partial charge in [-0.1, -0.05) is 60.7 Å². The number of esters is 2. The first-order valence-electron chi connectivity index (χ1n) is 11.6. The van der Waals surface area contributed by atoms with Gasteiger partial charge in [-0.05, 0) is 49.2 Å². The fourth-order valence-electron chi connectivity index (χ4n) is 3.00. The third-order valence-corrected chi connectivity index (χ3v) is 7.42. The summed E-state index contributed by atoms with van der Waals surface area (Å²) in [5.74, 6) is -2.28. The third-order valence-electron chi connectivity index (χ3n) is 5.42. The maximum absolute atomic E-state index is 13.3. The first-order valence-corrected chi connectivity index (χ1v) is 14.4. The number of rotatable bonds is 9. The summed E-state index contributed by atoms with van der Waals surface area (Å²) in [5, 5.41) is -9.37. The van der Waals surface area contributed by atoms with Crippen LogP contribution < -0.4 is 0 Å². The van der Waals surface area contributed by atoms with Gasteiger partial charge in [0.1, 0.15) is 0 Å². The van der Waals surface area contributed by atoms with Crippen molar-refractivity contribution >= 4 is 32.2 Å². The highest BCUT2D eigenvalue weighted by molar-refractivity contribution is 7.87. The Balaban J connectivity index is 0.000000307. The van der Waals surface area contributed by atoms with Crippen LogP contribution in [-0.4, -0.2) is 60.6 Å². The minimum atomic E-state index is -5.93. The van der Waals surface area contributed by atoms with E-state index in [9.17, 15) is 53.1 Å². The van der Waals surface area contributed by atoms with E-state index in [2.05, 4.69) is 9.47 Å². The molecular formula is C26H22F4O10S2-2. The number of benzene rings is 3. The quantitative estimate of drug-likeness (QED) is 0.187. The average Bonchev–Trinajstić information content (AvgIpc) is 2.93. The largest absolute Gasteiger partial charge is 0.743 e. The Kier molecular flexibility index (Phi) is 11.0. The Morgan fingerprint density at radius 3 is 1.26 bits per heavy atom. The summed E-state index contributed by atoms with van der Waals surface area (Å²) in [6.45, 7) is 1.28. The molecule has 0 aliphatic carbocycles. The van der Waals surface area contributed by atoms with Gasteiger partial charge in [0, 0.05) is 0 Å². The predicted molar refractivity (Wildman–Crippen MR) is 137 cm³/mol. The van der Waals surface area contributed by atoms with Gasteiger partial charge < -0.3 is 18.6 Å². The summed E-state index contributed by atoms with van der Waals surface area (Å²) < 4.78 is 124. The van der Waals surface area contributed by atoms with Crippen molar-refractivity contribution in [2.24, 2.45) is 0 Å². The molecule has 10 nitrogen and oxygen atoms in total. The topological polar surface area (TPSA) is 167 Å². The van der Waals surface area contributed by atoms with Crippen molar-refractivity contribution in [3.63, 3.8) is 0 Å². The molecule has 3 rings (SSSR count). The zero-order chi connectivity index (χ0) is 31.9. The number of carbonyl (C=O) groups is 2. The van der Waals surface area contributed by atoms with Crippen LogP contribution >= 0.6 is 0 Å². The lowest BCUT2D eigenvalue weighted by atomic mass is 10.0. The Morgan fingerprint density at radius 2 is 0.905 bits per heavy atom. The molecule has 3 aromatic carbocycles. The van der Waals surface area contributed by atoms with E-state index < -0.39 is 54.9 Å². The highest BCUT2D eigenvalue weighted by Gasteiger charge is 2.47. The molecule has 0 saturated heterocycles. The van der Waals surface area contributed by atoms with Crippen LogP contribution in [0.5, 0.6) is 0 Å². The normalized spacial score (nSPS) is 13.6. The summed E-state index contributed by atoms with van der Waals surface area (Å²) in [7, 11) is -11.8. The van der Waals surface area contributed by atoms with Gasteiger partial charge in [0.15, 0.2) is 32.4 Å². The molecule has 2 atom stereocenters. The number of alkyl halides is 4. The van der Waals surface area contributed by atoms with Gasteiger partial charge in [-0.2, -0.15) is 17.6 Å². The van der Waals surface area contributed by atoms with Gasteiger partial charge >= 0.3 is 22.4 Å². The Bertz CT molecular complexity index is 1580. The van der Waals surface area contributed by atoms with E-state index in [0.29, 0.717) is 13.8 Å². The van der Waals surface area contributed by atoms with Crippen molar-refractivity contribution < 1.29 is 62.6 Å². The maximum atomic E-state index is 13.3. The van der Waals surface area contributed by atoms with E-state index in [-0.39, 0.29) is 11.1 Å². The molecule has 0 amide bonds. The molecule has 0 N–H and O–H groups in total. The lowest BCUT2D eigenvalue weighted by Crippen LogP contribution is -2.42. The van der Waals surface area contributed by atoms with Crippen LogP contribution in [0.25, 0.3) is 11.1 Å². The van der Waals surface area contributed by atoms with Crippen molar-refractivity contribution in [3.8, 4) is 11.1 Å². The molecule has 0 aromatic heterocycles. The van der Waals surface area contributed by atoms with Gasteiger partial charge in [0.05, 0.1) is 11.1 Å². The molecule has 42 heavy (non-hydrogen) atoms. The van der Waals surface area contributed by atoms with Crippen LogP contribution in [0.1, 0.15) is 34.6 Å². The average molecular weight is 635 g/mol. The summed E-state index contributed by atoms with van der Waals surface area (Å²) in [4.78, 5) is 23.2. The van der Waals surface area contributed by atoms with Gasteiger partial charge in [-0.3, -0.25) is 0 Å². The summed E-state index contributed by atoms with van der Waals surface area (Å²) in [6, 6.07) is 22.3. The summed E-state index contributed by atoms with van der Waals surface area (Å²) >= 11 is 0. The van der Waals surface area contributed by atoms with Crippen LogP contribution in [0.4, 0.5) is 17.6 Å². The molecule has 16 heteroatoms. The minimum Gasteiger partial charge on any atom is -0.743 e. The van der Waals surface area contributed by atoms with Crippen molar-refractivity contribution in [2.45, 2.75) is 36.6 Å². The lowest BCUT2D eigenvalue weighted by molar-refractivity contribution is -0.0555. The first-order chi connectivity index (χ1) is 19.3. The van der Waals surface area contributed by atoms with Crippen molar-refractivity contribution in [2.75, 3.05) is 0 Å². The molecule has 3 aromatic rings. The highest BCUT2D eigenvalue weighted by Crippen LogP contribution is 2.29. The molecular weight excluding hydrogens is 612 g/mol. The number of carbonyl (C=O) groups excluding carboxylic acids is 2.